The minimum absolute atomic E-state index is 0.266. The largest absolute Gasteiger partial charge is 0.483 e. The van der Waals surface area contributed by atoms with Crippen LogP contribution >= 0.6 is 39.0 Å². The van der Waals surface area contributed by atoms with E-state index in [0.717, 1.165) is 26.9 Å². The second-order valence-electron chi connectivity index (χ2n) is 9.93. The molecule has 2 N–H and O–H groups in total. The van der Waals surface area contributed by atoms with E-state index in [1.807, 2.05) is 56.3 Å². The van der Waals surface area contributed by atoms with Crippen LogP contribution < -0.4 is 19.8 Å². The van der Waals surface area contributed by atoms with Gasteiger partial charge in [0.1, 0.15) is 11.0 Å². The highest BCUT2D eigenvalue weighted by atomic mass is 79.9. The summed E-state index contributed by atoms with van der Waals surface area (Å²) in [5, 5.41) is 2.70. The number of para-hydroxylation sites is 1. The van der Waals surface area contributed by atoms with Crippen LogP contribution in [0.15, 0.2) is 81.0 Å². The Labute approximate surface area is 252 Å². The maximum absolute atomic E-state index is 14.0. The molecule has 1 fully saturated rings. The van der Waals surface area contributed by atoms with Crippen molar-refractivity contribution in [2.24, 2.45) is 5.92 Å². The predicted molar refractivity (Wildman–Crippen MR) is 163 cm³/mol. The number of hydrogen-bond acceptors (Lipinski definition) is 7. The number of hydrogen-bond donors (Lipinski definition) is 2. The summed E-state index contributed by atoms with van der Waals surface area (Å²) in [7, 11) is 0. The predicted octanol–water partition coefficient (Wildman–Crippen LogP) is 5.63. The lowest BCUT2D eigenvalue weighted by atomic mass is 9.82. The number of benzene rings is 3. The maximum Gasteiger partial charge on any atom is 0.305 e. The first-order valence-electron chi connectivity index (χ1n) is 12.8. The number of aromatic nitrogens is 1. The van der Waals surface area contributed by atoms with Gasteiger partial charge in [0.2, 0.25) is 11.8 Å². The third-order valence-corrected chi connectivity index (χ3v) is 10.1. The molecular formula is C30H24BrN3O5S2. The molecule has 8 nitrogen and oxygen atoms in total. The van der Waals surface area contributed by atoms with E-state index in [4.69, 9.17) is 4.74 Å². The molecule has 0 unspecified atom stereocenters. The van der Waals surface area contributed by atoms with E-state index in [0.29, 0.717) is 32.6 Å². The summed E-state index contributed by atoms with van der Waals surface area (Å²) in [5.41, 5.74) is 3.75. The summed E-state index contributed by atoms with van der Waals surface area (Å²) in [6.07, 6.45) is 0. The lowest BCUT2D eigenvalue weighted by Gasteiger charge is -2.31. The van der Waals surface area contributed by atoms with E-state index >= 15 is 0 Å². The maximum atomic E-state index is 14.0. The molecule has 3 atom stereocenters. The van der Waals surface area contributed by atoms with Crippen molar-refractivity contribution in [3.8, 4) is 5.75 Å². The fourth-order valence-corrected chi connectivity index (χ4v) is 8.12. The van der Waals surface area contributed by atoms with Crippen LogP contribution in [-0.4, -0.2) is 34.6 Å². The van der Waals surface area contributed by atoms with Crippen molar-refractivity contribution in [2.75, 3.05) is 16.8 Å². The van der Waals surface area contributed by atoms with Gasteiger partial charge in [-0.3, -0.25) is 19.2 Å². The van der Waals surface area contributed by atoms with Crippen molar-refractivity contribution in [2.45, 2.75) is 30.0 Å². The minimum Gasteiger partial charge on any atom is -0.483 e. The van der Waals surface area contributed by atoms with E-state index in [2.05, 4.69) is 26.2 Å². The van der Waals surface area contributed by atoms with E-state index in [1.165, 1.54) is 16.7 Å². The molecule has 1 saturated heterocycles. The molecule has 0 saturated carbocycles. The van der Waals surface area contributed by atoms with Crippen LogP contribution in [0.4, 0.5) is 11.4 Å². The second kappa shape index (κ2) is 11.0. The topological polar surface area (TPSA) is 109 Å². The summed E-state index contributed by atoms with van der Waals surface area (Å²) in [4.78, 5) is 57.5. The Kier molecular flexibility index (Phi) is 7.35. The number of fused-ring (bicyclic) bond motifs is 2. The lowest BCUT2D eigenvalue weighted by Crippen LogP contribution is -2.32. The van der Waals surface area contributed by atoms with Crippen LogP contribution in [0.1, 0.15) is 27.5 Å². The Balaban J connectivity index is 1.37. The van der Waals surface area contributed by atoms with Crippen molar-refractivity contribution in [1.82, 2.24) is 4.98 Å². The third-order valence-electron chi connectivity index (χ3n) is 7.20. The molecule has 1 aromatic heterocycles. The van der Waals surface area contributed by atoms with Crippen molar-refractivity contribution in [3.63, 3.8) is 0 Å². The zero-order valence-corrected chi connectivity index (χ0v) is 25.2. The Morgan fingerprint density at radius 3 is 2.54 bits per heavy atom. The van der Waals surface area contributed by atoms with Gasteiger partial charge < -0.3 is 15.0 Å². The molecule has 0 radical (unpaired) electrons. The number of anilines is 2. The number of aryl methyl sites for hydroxylation is 2. The van der Waals surface area contributed by atoms with Gasteiger partial charge in [0.15, 0.2) is 6.61 Å². The van der Waals surface area contributed by atoms with Gasteiger partial charge in [0.25, 0.3) is 5.91 Å². The third kappa shape index (κ3) is 5.13. The van der Waals surface area contributed by atoms with E-state index in [-0.39, 0.29) is 29.2 Å². The molecule has 6 rings (SSSR count). The van der Waals surface area contributed by atoms with Gasteiger partial charge in [-0.05, 0) is 55.8 Å². The quantitative estimate of drug-likeness (QED) is 0.262. The first-order chi connectivity index (χ1) is 19.7. The Bertz CT molecular complexity index is 1750. The molecule has 3 amide bonds. The monoisotopic (exact) mass is 649 g/mol. The molecule has 4 aromatic rings. The molecule has 3 aromatic carbocycles. The van der Waals surface area contributed by atoms with Gasteiger partial charge in [0.05, 0.1) is 16.6 Å². The Hall–Kier alpha value is -3.67. The first-order valence-corrected chi connectivity index (χ1v) is 15.3. The number of amides is 3. The highest BCUT2D eigenvalue weighted by Gasteiger charge is 2.56. The first kappa shape index (κ1) is 27.5. The molecular weight excluding hydrogens is 626 g/mol. The number of H-pyrrole nitrogens is 1. The number of aromatic amines is 1. The lowest BCUT2D eigenvalue weighted by molar-refractivity contribution is -0.122. The average molecular weight is 651 g/mol. The number of imide groups is 1. The molecule has 0 aliphatic carbocycles. The van der Waals surface area contributed by atoms with Gasteiger partial charge in [-0.25, -0.2) is 4.90 Å². The number of thioether (sulfide) groups is 1. The number of ether oxygens (including phenoxy) is 1. The zero-order valence-electron chi connectivity index (χ0n) is 22.0. The number of thiazole rings is 1. The Morgan fingerprint density at radius 1 is 1.02 bits per heavy atom. The number of rotatable bonds is 6. The molecule has 41 heavy (non-hydrogen) atoms. The number of nitrogens with one attached hydrogen (secondary N) is 2. The van der Waals surface area contributed by atoms with Crippen LogP contribution in [-0.2, 0) is 14.4 Å². The van der Waals surface area contributed by atoms with Crippen molar-refractivity contribution in [1.29, 1.82) is 0 Å². The van der Waals surface area contributed by atoms with Gasteiger partial charge in [-0.2, -0.15) is 0 Å². The van der Waals surface area contributed by atoms with Crippen molar-refractivity contribution >= 4 is 68.1 Å². The molecule has 2 aliphatic rings. The van der Waals surface area contributed by atoms with E-state index in [9.17, 15) is 19.2 Å². The highest BCUT2D eigenvalue weighted by molar-refractivity contribution is 9.10. The van der Waals surface area contributed by atoms with E-state index in [1.54, 1.807) is 24.3 Å². The summed E-state index contributed by atoms with van der Waals surface area (Å²) in [6.45, 7) is 3.57. The number of halogens is 1. The number of nitrogens with zero attached hydrogens (tertiary/aromatic N) is 1. The van der Waals surface area contributed by atoms with Crippen LogP contribution in [0.5, 0.6) is 5.75 Å². The number of carbonyl (C=O) groups is 3. The highest BCUT2D eigenvalue weighted by Crippen LogP contribution is 2.54. The molecule has 11 heteroatoms. The normalized spacial score (nSPS) is 19.6. The summed E-state index contributed by atoms with van der Waals surface area (Å²) in [6, 6.07) is 20.0. The zero-order chi connectivity index (χ0) is 28.8. The van der Waals surface area contributed by atoms with Crippen molar-refractivity contribution in [3.05, 3.63) is 102 Å². The SMILES string of the molecule is Cc1ccc(N2C(=O)[C@H]3[C@H](c4cc(Br)ccc4OCC(=O)Nc4ccccc4C)c4sc(=O)[nH]c4S[C@H]3C2=O)cc1. The second-order valence-corrected chi connectivity index (χ2v) is 13.0. The fourth-order valence-electron chi connectivity index (χ4n) is 5.24. The summed E-state index contributed by atoms with van der Waals surface area (Å²) in [5.74, 6) is -2.02. The van der Waals surface area contributed by atoms with Gasteiger partial charge >= 0.3 is 4.87 Å². The molecule has 0 spiro atoms. The van der Waals surface area contributed by atoms with Gasteiger partial charge in [-0.1, -0.05) is 74.9 Å². The van der Waals surface area contributed by atoms with Crippen LogP contribution in [0.2, 0.25) is 0 Å². The Morgan fingerprint density at radius 2 is 1.78 bits per heavy atom. The molecule has 2 aliphatic heterocycles. The molecule has 3 heterocycles. The average Bonchev–Trinajstić information content (AvgIpc) is 3.44. The minimum atomic E-state index is -0.773. The summed E-state index contributed by atoms with van der Waals surface area (Å²) < 4.78 is 6.78. The molecule has 208 valence electrons. The standard InChI is InChI=1S/C30H24BrN3O5S2/c1-15-7-10-18(11-8-15)34-28(36)24-23(25-27(33-30(38)41-25)40-26(24)29(34)37)19-13-17(31)9-12-21(19)39-14-22(35)32-20-6-4-3-5-16(20)2/h3-13,23-24,26H,14H2,1-2H3,(H,32,35)(H,33,38)/t23-,24-,26+/m0/s1. The number of carbonyl (C=O) groups excluding carboxylic acids is 3. The van der Waals surface area contributed by atoms with Gasteiger partial charge in [-0.15, -0.1) is 0 Å². The fraction of sp³-hybridized carbons (Fsp3) is 0.200. The smallest absolute Gasteiger partial charge is 0.305 e. The van der Waals surface area contributed by atoms with E-state index < -0.39 is 17.1 Å². The van der Waals surface area contributed by atoms with Crippen LogP contribution in [0.25, 0.3) is 0 Å². The van der Waals surface area contributed by atoms with Crippen molar-refractivity contribution < 1.29 is 19.1 Å². The summed E-state index contributed by atoms with van der Waals surface area (Å²) >= 11 is 5.77. The van der Waals surface area contributed by atoms with Crippen LogP contribution in [0.3, 0.4) is 0 Å². The van der Waals surface area contributed by atoms with Gasteiger partial charge in [0, 0.05) is 26.5 Å². The van der Waals surface area contributed by atoms with Crippen LogP contribution in [0, 0.1) is 19.8 Å². The molecule has 0 bridgehead atoms.